The van der Waals surface area contributed by atoms with Gasteiger partial charge in [0.2, 0.25) is 5.91 Å². The van der Waals surface area contributed by atoms with Crippen LogP contribution in [0.4, 0.5) is 5.82 Å². The molecule has 5 heteroatoms. The molecule has 5 nitrogen and oxygen atoms in total. The van der Waals surface area contributed by atoms with Crippen LogP contribution in [0.5, 0.6) is 5.75 Å². The average Bonchev–Trinajstić information content (AvgIpc) is 3.01. The SMILES string of the molecule is COc1ccccc1C=CC(=O)NCc1ccnc(N2CCCCCC2)c1. The van der Waals surface area contributed by atoms with Gasteiger partial charge in [-0.2, -0.15) is 0 Å². The number of carbonyl (C=O) groups is 1. The molecule has 1 aromatic heterocycles. The zero-order chi connectivity index (χ0) is 18.9. The maximum Gasteiger partial charge on any atom is 0.244 e. The number of amides is 1. The molecule has 1 N–H and O–H groups in total. The lowest BCUT2D eigenvalue weighted by atomic mass is 10.2. The number of anilines is 1. The maximum atomic E-state index is 12.2. The van der Waals surface area contributed by atoms with E-state index in [1.54, 1.807) is 13.2 Å². The standard InChI is InChI=1S/C22H27N3O2/c1-27-20-9-5-4-8-19(20)10-11-22(26)24-17-18-12-13-23-21(16-18)25-14-6-2-3-7-15-25/h4-5,8-13,16H,2-3,6-7,14-15,17H2,1H3,(H,24,26). The molecule has 0 radical (unpaired) electrons. The minimum Gasteiger partial charge on any atom is -0.496 e. The smallest absolute Gasteiger partial charge is 0.244 e. The fraction of sp³-hybridized carbons (Fsp3) is 0.364. The lowest BCUT2D eigenvalue weighted by Crippen LogP contribution is -2.25. The second-order valence-electron chi connectivity index (χ2n) is 6.72. The Morgan fingerprint density at radius 2 is 1.96 bits per heavy atom. The van der Waals surface area contributed by atoms with Crippen molar-refractivity contribution in [3.8, 4) is 5.75 Å². The number of nitrogens with zero attached hydrogens (tertiary/aromatic N) is 2. The maximum absolute atomic E-state index is 12.2. The van der Waals surface area contributed by atoms with Gasteiger partial charge < -0.3 is 15.0 Å². The van der Waals surface area contributed by atoms with Crippen molar-refractivity contribution >= 4 is 17.8 Å². The fourth-order valence-electron chi connectivity index (χ4n) is 3.26. The number of nitrogens with one attached hydrogen (secondary N) is 1. The van der Waals surface area contributed by atoms with Crippen molar-refractivity contribution in [2.75, 3.05) is 25.1 Å². The van der Waals surface area contributed by atoms with Gasteiger partial charge in [0, 0.05) is 37.5 Å². The van der Waals surface area contributed by atoms with Gasteiger partial charge in [-0.05, 0) is 42.7 Å². The van der Waals surface area contributed by atoms with Crippen LogP contribution in [-0.2, 0) is 11.3 Å². The van der Waals surface area contributed by atoms with Crippen LogP contribution in [-0.4, -0.2) is 31.1 Å². The molecular formula is C22H27N3O2. The zero-order valence-electron chi connectivity index (χ0n) is 15.9. The van der Waals surface area contributed by atoms with Gasteiger partial charge in [-0.3, -0.25) is 4.79 Å². The minimum atomic E-state index is -0.131. The molecule has 1 aliphatic heterocycles. The number of benzene rings is 1. The van der Waals surface area contributed by atoms with Crippen molar-refractivity contribution < 1.29 is 9.53 Å². The highest BCUT2D eigenvalue weighted by atomic mass is 16.5. The lowest BCUT2D eigenvalue weighted by molar-refractivity contribution is -0.116. The molecule has 1 fully saturated rings. The Bertz CT molecular complexity index is 781. The van der Waals surface area contributed by atoms with Crippen LogP contribution in [0.25, 0.3) is 6.08 Å². The molecule has 1 aliphatic rings. The quantitative estimate of drug-likeness (QED) is 0.791. The van der Waals surface area contributed by atoms with Crippen molar-refractivity contribution in [1.82, 2.24) is 10.3 Å². The van der Waals surface area contributed by atoms with Crippen LogP contribution in [0.3, 0.4) is 0 Å². The molecule has 0 aliphatic carbocycles. The number of methoxy groups -OCH3 is 1. The lowest BCUT2D eigenvalue weighted by Gasteiger charge is -2.21. The topological polar surface area (TPSA) is 54.5 Å². The highest BCUT2D eigenvalue weighted by molar-refractivity contribution is 5.92. The molecule has 0 spiro atoms. The second kappa shape index (κ2) is 9.76. The molecular weight excluding hydrogens is 338 g/mol. The van der Waals surface area contributed by atoms with Crippen molar-refractivity contribution in [3.05, 3.63) is 59.8 Å². The summed E-state index contributed by atoms with van der Waals surface area (Å²) in [5, 5.41) is 2.94. The van der Waals surface area contributed by atoms with Crippen molar-refractivity contribution in [3.63, 3.8) is 0 Å². The number of rotatable bonds is 6. The summed E-state index contributed by atoms with van der Waals surface area (Å²) in [7, 11) is 1.62. The van der Waals surface area contributed by atoms with Crippen molar-refractivity contribution in [1.29, 1.82) is 0 Å². The Labute approximate surface area is 161 Å². The summed E-state index contributed by atoms with van der Waals surface area (Å²) in [5.74, 6) is 1.63. The largest absolute Gasteiger partial charge is 0.496 e. The summed E-state index contributed by atoms with van der Waals surface area (Å²) < 4.78 is 5.29. The van der Waals surface area contributed by atoms with E-state index in [2.05, 4.69) is 21.3 Å². The number of para-hydroxylation sites is 1. The van der Waals surface area contributed by atoms with Gasteiger partial charge in [0.05, 0.1) is 7.11 Å². The van der Waals surface area contributed by atoms with E-state index in [0.29, 0.717) is 6.54 Å². The van der Waals surface area contributed by atoms with Crippen molar-refractivity contribution in [2.24, 2.45) is 0 Å². The van der Waals surface area contributed by atoms with Crippen LogP contribution in [0.1, 0.15) is 36.8 Å². The van der Waals surface area contributed by atoms with E-state index in [1.165, 1.54) is 31.8 Å². The number of pyridine rings is 1. The number of ether oxygens (including phenoxy) is 1. The van der Waals surface area contributed by atoms with E-state index in [-0.39, 0.29) is 5.91 Å². The number of hydrogen-bond donors (Lipinski definition) is 1. The summed E-state index contributed by atoms with van der Waals surface area (Å²) in [6.45, 7) is 2.60. The summed E-state index contributed by atoms with van der Waals surface area (Å²) in [6, 6.07) is 11.6. The van der Waals surface area contributed by atoms with Gasteiger partial charge >= 0.3 is 0 Å². The highest BCUT2D eigenvalue weighted by Crippen LogP contribution is 2.19. The number of aromatic nitrogens is 1. The van der Waals surface area contributed by atoms with Crippen LogP contribution in [0.2, 0.25) is 0 Å². The van der Waals surface area contributed by atoms with Gasteiger partial charge in [-0.25, -0.2) is 4.98 Å². The Morgan fingerprint density at radius 1 is 1.19 bits per heavy atom. The molecule has 1 aromatic carbocycles. The summed E-state index contributed by atoms with van der Waals surface area (Å²) in [5.41, 5.74) is 1.94. The van der Waals surface area contributed by atoms with Crippen LogP contribution in [0.15, 0.2) is 48.7 Å². The molecule has 0 bridgehead atoms. The minimum absolute atomic E-state index is 0.131. The molecule has 3 rings (SSSR count). The second-order valence-corrected chi connectivity index (χ2v) is 6.72. The van der Waals surface area contributed by atoms with Crippen LogP contribution >= 0.6 is 0 Å². The summed E-state index contributed by atoms with van der Waals surface area (Å²) in [4.78, 5) is 19.0. The molecule has 2 heterocycles. The Hall–Kier alpha value is -2.82. The van der Waals surface area contributed by atoms with E-state index in [4.69, 9.17) is 4.74 Å². The number of hydrogen-bond acceptors (Lipinski definition) is 4. The van der Waals surface area contributed by atoms with E-state index < -0.39 is 0 Å². The molecule has 1 saturated heterocycles. The van der Waals surface area contributed by atoms with Gasteiger partial charge in [0.25, 0.3) is 0 Å². The Kier molecular flexibility index (Phi) is 6.85. The van der Waals surface area contributed by atoms with E-state index in [9.17, 15) is 4.79 Å². The average molecular weight is 365 g/mol. The first-order valence-corrected chi connectivity index (χ1v) is 9.55. The Morgan fingerprint density at radius 3 is 2.74 bits per heavy atom. The molecule has 0 saturated carbocycles. The summed E-state index contributed by atoms with van der Waals surface area (Å²) in [6.07, 6.45) is 10.2. The predicted octanol–water partition coefficient (Wildman–Crippen LogP) is 3.80. The number of carbonyl (C=O) groups excluding carboxylic acids is 1. The third-order valence-corrected chi connectivity index (χ3v) is 4.76. The van der Waals surface area contributed by atoms with Gasteiger partial charge in [-0.1, -0.05) is 31.0 Å². The van der Waals surface area contributed by atoms with Gasteiger partial charge in [-0.15, -0.1) is 0 Å². The molecule has 2 aromatic rings. The molecule has 0 unspecified atom stereocenters. The normalized spacial score (nSPS) is 14.8. The van der Waals surface area contributed by atoms with Crippen LogP contribution in [0, 0.1) is 0 Å². The van der Waals surface area contributed by atoms with Gasteiger partial charge in [0.15, 0.2) is 0 Å². The first kappa shape index (κ1) is 19.0. The first-order chi connectivity index (χ1) is 13.3. The molecule has 27 heavy (non-hydrogen) atoms. The zero-order valence-corrected chi connectivity index (χ0v) is 15.9. The van der Waals surface area contributed by atoms with E-state index >= 15 is 0 Å². The fourth-order valence-corrected chi connectivity index (χ4v) is 3.26. The van der Waals surface area contributed by atoms with E-state index in [0.717, 1.165) is 35.8 Å². The highest BCUT2D eigenvalue weighted by Gasteiger charge is 2.11. The first-order valence-electron chi connectivity index (χ1n) is 9.55. The molecule has 1 amide bonds. The molecule has 0 atom stereocenters. The monoisotopic (exact) mass is 365 g/mol. The third kappa shape index (κ3) is 5.58. The summed E-state index contributed by atoms with van der Waals surface area (Å²) >= 11 is 0. The molecule has 142 valence electrons. The van der Waals surface area contributed by atoms with Crippen molar-refractivity contribution in [2.45, 2.75) is 32.2 Å². The van der Waals surface area contributed by atoms with E-state index in [1.807, 2.05) is 36.5 Å². The van der Waals surface area contributed by atoms with Gasteiger partial charge in [0.1, 0.15) is 11.6 Å². The Balaban J connectivity index is 1.57. The van der Waals surface area contributed by atoms with Crippen LogP contribution < -0.4 is 15.0 Å². The predicted molar refractivity (Wildman–Crippen MR) is 109 cm³/mol. The third-order valence-electron chi connectivity index (χ3n) is 4.76.